The second-order valence-corrected chi connectivity index (χ2v) is 8.53. The van der Waals surface area contributed by atoms with Crippen LogP contribution in [-0.2, 0) is 9.59 Å². The number of anilines is 1. The molecule has 1 amide bonds. The van der Waals surface area contributed by atoms with Crippen molar-refractivity contribution in [2.24, 2.45) is 5.92 Å². The van der Waals surface area contributed by atoms with Gasteiger partial charge in [0.2, 0.25) is 0 Å². The lowest BCUT2D eigenvalue weighted by Crippen LogP contribution is -2.31. The van der Waals surface area contributed by atoms with E-state index < -0.39 is 17.7 Å². The van der Waals surface area contributed by atoms with Gasteiger partial charge >= 0.3 is 0 Å². The standard InChI is InChI=1S/C26H31NO5/c1-6-31-20-12-10-19(11-13-20)27-24(18-8-7-9-21(15-18)32-17(4)5)23(25(29)26(27)30)22(28)14-16(2)3/h7-13,15-17,24,29H,6,14H2,1-5H3. The Labute approximate surface area is 189 Å². The van der Waals surface area contributed by atoms with Crippen molar-refractivity contribution in [3.05, 3.63) is 65.4 Å². The second-order valence-electron chi connectivity index (χ2n) is 8.53. The maximum Gasteiger partial charge on any atom is 0.294 e. The van der Waals surface area contributed by atoms with Crippen molar-refractivity contribution < 1.29 is 24.2 Å². The third-order valence-corrected chi connectivity index (χ3v) is 5.07. The summed E-state index contributed by atoms with van der Waals surface area (Å²) in [5, 5.41) is 10.8. The maximum atomic E-state index is 13.2. The molecule has 170 valence electrons. The molecular formula is C26H31NO5. The summed E-state index contributed by atoms with van der Waals surface area (Å²) in [7, 11) is 0. The molecule has 0 bridgehead atoms. The Kier molecular flexibility index (Phi) is 7.23. The molecule has 2 aromatic carbocycles. The number of ketones is 1. The molecule has 1 heterocycles. The number of nitrogens with zero attached hydrogens (tertiary/aromatic N) is 1. The third kappa shape index (κ3) is 4.96. The number of hydrogen-bond acceptors (Lipinski definition) is 5. The highest BCUT2D eigenvalue weighted by Gasteiger charge is 2.44. The highest BCUT2D eigenvalue weighted by atomic mass is 16.5. The number of rotatable bonds is 9. The monoisotopic (exact) mass is 437 g/mol. The smallest absolute Gasteiger partial charge is 0.294 e. The zero-order chi connectivity index (χ0) is 23.4. The molecule has 6 heteroatoms. The van der Waals surface area contributed by atoms with E-state index in [-0.39, 0.29) is 29.8 Å². The van der Waals surface area contributed by atoms with E-state index >= 15 is 0 Å². The molecule has 0 saturated heterocycles. The summed E-state index contributed by atoms with van der Waals surface area (Å²) >= 11 is 0. The third-order valence-electron chi connectivity index (χ3n) is 5.07. The molecule has 6 nitrogen and oxygen atoms in total. The van der Waals surface area contributed by atoms with Crippen LogP contribution in [0.4, 0.5) is 5.69 Å². The van der Waals surface area contributed by atoms with Crippen LogP contribution in [0.5, 0.6) is 11.5 Å². The zero-order valence-corrected chi connectivity index (χ0v) is 19.3. The Bertz CT molecular complexity index is 1010. The topological polar surface area (TPSA) is 76.1 Å². The molecule has 32 heavy (non-hydrogen) atoms. The van der Waals surface area contributed by atoms with Crippen molar-refractivity contribution in [2.45, 2.75) is 53.2 Å². The molecule has 0 fully saturated rings. The van der Waals surface area contributed by atoms with Crippen LogP contribution >= 0.6 is 0 Å². The Hall–Kier alpha value is -3.28. The average molecular weight is 438 g/mol. The minimum absolute atomic E-state index is 0.0244. The number of Topliss-reactive ketones (excluding diaryl/α,β-unsaturated/α-hetero) is 1. The lowest BCUT2D eigenvalue weighted by atomic mass is 9.92. The molecule has 1 unspecified atom stereocenters. The van der Waals surface area contributed by atoms with Crippen LogP contribution in [0.25, 0.3) is 0 Å². The van der Waals surface area contributed by atoms with Crippen LogP contribution in [0.2, 0.25) is 0 Å². The van der Waals surface area contributed by atoms with E-state index in [1.807, 2.05) is 58.9 Å². The fourth-order valence-electron chi connectivity index (χ4n) is 3.85. The van der Waals surface area contributed by atoms with Gasteiger partial charge in [0, 0.05) is 12.1 Å². The van der Waals surface area contributed by atoms with Gasteiger partial charge in [-0.3, -0.25) is 14.5 Å². The zero-order valence-electron chi connectivity index (χ0n) is 19.3. The maximum absolute atomic E-state index is 13.2. The minimum Gasteiger partial charge on any atom is -0.503 e. The molecule has 0 aliphatic carbocycles. The van der Waals surface area contributed by atoms with Gasteiger partial charge in [-0.05, 0) is 68.7 Å². The fourth-order valence-corrected chi connectivity index (χ4v) is 3.85. The summed E-state index contributed by atoms with van der Waals surface area (Å²) in [6, 6.07) is 13.6. The van der Waals surface area contributed by atoms with Gasteiger partial charge in [-0.15, -0.1) is 0 Å². The minimum atomic E-state index is -0.748. The number of aliphatic hydroxyl groups excluding tert-OH is 1. The highest BCUT2D eigenvalue weighted by molar-refractivity contribution is 6.16. The van der Waals surface area contributed by atoms with Gasteiger partial charge in [0.25, 0.3) is 5.91 Å². The number of ether oxygens (including phenoxy) is 2. The van der Waals surface area contributed by atoms with Crippen LogP contribution in [0.15, 0.2) is 59.9 Å². The molecule has 2 aromatic rings. The van der Waals surface area contributed by atoms with E-state index in [0.29, 0.717) is 29.4 Å². The molecule has 0 radical (unpaired) electrons. The molecule has 1 aliphatic heterocycles. The van der Waals surface area contributed by atoms with Crippen molar-refractivity contribution in [2.75, 3.05) is 11.5 Å². The van der Waals surface area contributed by atoms with Gasteiger partial charge in [0.1, 0.15) is 11.5 Å². The Balaban J connectivity index is 2.10. The van der Waals surface area contributed by atoms with Crippen LogP contribution in [-0.4, -0.2) is 29.5 Å². The van der Waals surface area contributed by atoms with E-state index in [4.69, 9.17) is 9.47 Å². The number of hydrogen-bond donors (Lipinski definition) is 1. The van der Waals surface area contributed by atoms with Crippen molar-refractivity contribution in [1.29, 1.82) is 0 Å². The molecule has 0 spiro atoms. The van der Waals surface area contributed by atoms with Crippen LogP contribution in [0.3, 0.4) is 0 Å². The summed E-state index contributed by atoms with van der Waals surface area (Å²) in [5.41, 5.74) is 1.39. The van der Waals surface area contributed by atoms with Gasteiger partial charge in [0.15, 0.2) is 11.5 Å². The number of benzene rings is 2. The van der Waals surface area contributed by atoms with Crippen molar-refractivity contribution >= 4 is 17.4 Å². The van der Waals surface area contributed by atoms with Gasteiger partial charge in [-0.25, -0.2) is 0 Å². The van der Waals surface area contributed by atoms with Crippen molar-refractivity contribution in [1.82, 2.24) is 0 Å². The summed E-state index contributed by atoms with van der Waals surface area (Å²) in [5.74, 6) is 0.0815. The number of aliphatic hydroxyl groups is 1. The summed E-state index contributed by atoms with van der Waals surface area (Å²) < 4.78 is 11.3. The van der Waals surface area contributed by atoms with Gasteiger partial charge in [0.05, 0.1) is 24.3 Å². The highest BCUT2D eigenvalue weighted by Crippen LogP contribution is 2.42. The first-order chi connectivity index (χ1) is 15.2. The molecule has 1 atom stereocenters. The normalized spacial score (nSPS) is 16.3. The predicted octanol–water partition coefficient (Wildman–Crippen LogP) is 5.39. The quantitative estimate of drug-likeness (QED) is 0.569. The molecule has 0 saturated carbocycles. The van der Waals surface area contributed by atoms with Crippen LogP contribution in [0, 0.1) is 5.92 Å². The van der Waals surface area contributed by atoms with E-state index in [2.05, 4.69) is 0 Å². The molecule has 1 aliphatic rings. The Morgan fingerprint density at radius 3 is 2.34 bits per heavy atom. The first-order valence-corrected chi connectivity index (χ1v) is 11.0. The Morgan fingerprint density at radius 1 is 1.06 bits per heavy atom. The first kappa shape index (κ1) is 23.4. The lowest BCUT2D eigenvalue weighted by Gasteiger charge is -2.27. The van der Waals surface area contributed by atoms with Gasteiger partial charge in [-0.1, -0.05) is 26.0 Å². The number of amides is 1. The van der Waals surface area contributed by atoms with Crippen LogP contribution < -0.4 is 14.4 Å². The molecule has 1 N–H and O–H groups in total. The van der Waals surface area contributed by atoms with E-state index in [9.17, 15) is 14.7 Å². The average Bonchev–Trinajstić information content (AvgIpc) is 2.99. The number of carbonyl (C=O) groups is 2. The largest absolute Gasteiger partial charge is 0.503 e. The summed E-state index contributed by atoms with van der Waals surface area (Å²) in [4.78, 5) is 27.8. The van der Waals surface area contributed by atoms with E-state index in [0.717, 1.165) is 0 Å². The Morgan fingerprint density at radius 2 is 1.75 bits per heavy atom. The lowest BCUT2D eigenvalue weighted by molar-refractivity contribution is -0.118. The van der Waals surface area contributed by atoms with E-state index in [1.165, 1.54) is 4.90 Å². The molecule has 0 aromatic heterocycles. The molecular weight excluding hydrogens is 406 g/mol. The SMILES string of the molecule is CCOc1ccc(N2C(=O)C(O)=C(C(=O)CC(C)C)C2c2cccc(OC(C)C)c2)cc1. The predicted molar refractivity (Wildman–Crippen MR) is 124 cm³/mol. The van der Waals surface area contributed by atoms with Crippen molar-refractivity contribution in [3.8, 4) is 11.5 Å². The summed E-state index contributed by atoms with van der Waals surface area (Å²) in [6.07, 6.45) is 0.214. The number of carbonyl (C=O) groups excluding carboxylic acids is 2. The fraction of sp³-hybridized carbons (Fsp3) is 0.385. The van der Waals surface area contributed by atoms with Crippen LogP contribution in [0.1, 0.15) is 52.6 Å². The van der Waals surface area contributed by atoms with Gasteiger partial charge in [-0.2, -0.15) is 0 Å². The van der Waals surface area contributed by atoms with Gasteiger partial charge < -0.3 is 14.6 Å². The van der Waals surface area contributed by atoms with E-state index in [1.54, 1.807) is 24.3 Å². The first-order valence-electron chi connectivity index (χ1n) is 11.0. The molecule has 3 rings (SSSR count). The summed E-state index contributed by atoms with van der Waals surface area (Å²) in [6.45, 7) is 10.2. The second kappa shape index (κ2) is 9.90. The van der Waals surface area contributed by atoms with Crippen molar-refractivity contribution in [3.63, 3.8) is 0 Å².